The highest BCUT2D eigenvalue weighted by molar-refractivity contribution is 4.53. The normalized spacial score (nSPS) is 17.1. The summed E-state index contributed by atoms with van der Waals surface area (Å²) in [5, 5.41) is 3.02. The summed E-state index contributed by atoms with van der Waals surface area (Å²) in [6.45, 7) is 9.11. The van der Waals surface area contributed by atoms with Crippen LogP contribution in [0, 0.1) is 0 Å². The van der Waals surface area contributed by atoms with Crippen molar-refractivity contribution in [3.8, 4) is 0 Å². The van der Waals surface area contributed by atoms with Crippen molar-refractivity contribution < 1.29 is 37.9 Å². The molecular formula is C20H41NO8. The largest absolute Gasteiger partial charge is 0.378 e. The van der Waals surface area contributed by atoms with Gasteiger partial charge in [-0.15, -0.1) is 0 Å². The molecule has 0 saturated carbocycles. The van der Waals surface area contributed by atoms with Crippen molar-refractivity contribution in [1.29, 1.82) is 0 Å². The lowest BCUT2D eigenvalue weighted by Crippen LogP contribution is -2.24. The van der Waals surface area contributed by atoms with Gasteiger partial charge in [0, 0.05) is 13.2 Å². The van der Waals surface area contributed by atoms with Crippen molar-refractivity contribution in [3.63, 3.8) is 0 Å². The number of hydrogen-bond acceptors (Lipinski definition) is 9. The Balaban J connectivity index is 1.63. The maximum atomic E-state index is 5.58. The molecule has 0 aromatic carbocycles. The van der Waals surface area contributed by atoms with Gasteiger partial charge in [-0.05, 0) is 26.3 Å². The molecule has 29 heavy (non-hydrogen) atoms. The van der Waals surface area contributed by atoms with E-state index < -0.39 is 0 Å². The van der Waals surface area contributed by atoms with Crippen LogP contribution in [-0.4, -0.2) is 112 Å². The molecule has 0 bridgehead atoms. The van der Waals surface area contributed by atoms with Gasteiger partial charge in [0.1, 0.15) is 0 Å². The van der Waals surface area contributed by atoms with Gasteiger partial charge in [-0.2, -0.15) is 0 Å². The smallest absolute Gasteiger partial charge is 0.157 e. The summed E-state index contributed by atoms with van der Waals surface area (Å²) < 4.78 is 43.6. The second-order valence-electron chi connectivity index (χ2n) is 6.44. The minimum Gasteiger partial charge on any atom is -0.378 e. The fourth-order valence-electron chi connectivity index (χ4n) is 2.46. The van der Waals surface area contributed by atoms with Crippen LogP contribution in [0.4, 0.5) is 0 Å². The molecule has 1 N–H and O–H groups in total. The van der Waals surface area contributed by atoms with Gasteiger partial charge in [-0.1, -0.05) is 0 Å². The second kappa shape index (κ2) is 22.3. The number of nitrogens with one attached hydrogen (secondary N) is 1. The van der Waals surface area contributed by atoms with Crippen molar-refractivity contribution >= 4 is 0 Å². The lowest BCUT2D eigenvalue weighted by molar-refractivity contribution is -0.169. The predicted molar refractivity (Wildman–Crippen MR) is 108 cm³/mol. The molecule has 0 aliphatic carbocycles. The SMILES string of the molecule is CNCCOCCOCCOCCOCCOCCOCCOC1CCCCO1. The van der Waals surface area contributed by atoms with Crippen LogP contribution in [0.1, 0.15) is 19.3 Å². The van der Waals surface area contributed by atoms with E-state index in [1.54, 1.807) is 0 Å². The first-order valence-corrected chi connectivity index (χ1v) is 10.8. The van der Waals surface area contributed by atoms with E-state index in [2.05, 4.69) is 5.32 Å². The Hall–Kier alpha value is -0.360. The third-order valence-electron chi connectivity index (χ3n) is 4.03. The fraction of sp³-hybridized carbons (Fsp3) is 1.00. The average molecular weight is 424 g/mol. The van der Waals surface area contributed by atoms with E-state index in [0.717, 1.165) is 26.0 Å². The molecule has 1 saturated heterocycles. The third kappa shape index (κ3) is 19.4. The summed E-state index contributed by atoms with van der Waals surface area (Å²) in [4.78, 5) is 0. The Labute approximate surface area is 175 Å². The zero-order valence-electron chi connectivity index (χ0n) is 18.1. The molecule has 1 rings (SSSR count). The highest BCUT2D eigenvalue weighted by Crippen LogP contribution is 2.13. The Morgan fingerprint density at radius 1 is 0.621 bits per heavy atom. The van der Waals surface area contributed by atoms with Crippen LogP contribution in [-0.2, 0) is 37.9 Å². The van der Waals surface area contributed by atoms with E-state index >= 15 is 0 Å². The summed E-state index contributed by atoms with van der Waals surface area (Å²) in [5.74, 6) is 0. The van der Waals surface area contributed by atoms with E-state index in [0.29, 0.717) is 85.9 Å². The van der Waals surface area contributed by atoms with Crippen LogP contribution in [0.5, 0.6) is 0 Å². The summed E-state index contributed by atoms with van der Waals surface area (Å²) in [7, 11) is 1.90. The minimum absolute atomic E-state index is 0.0508. The molecule has 1 aliphatic rings. The monoisotopic (exact) mass is 423 g/mol. The van der Waals surface area contributed by atoms with E-state index in [4.69, 9.17) is 37.9 Å². The molecule has 1 fully saturated rings. The predicted octanol–water partition coefficient (Wildman–Crippen LogP) is 0.849. The zero-order valence-corrected chi connectivity index (χ0v) is 18.1. The molecule has 1 heterocycles. The summed E-state index contributed by atoms with van der Waals surface area (Å²) in [6, 6.07) is 0. The van der Waals surface area contributed by atoms with Crippen LogP contribution in [0.25, 0.3) is 0 Å². The number of likely N-dealkylation sites (N-methyl/N-ethyl adjacent to an activating group) is 1. The van der Waals surface area contributed by atoms with Crippen molar-refractivity contribution in [2.24, 2.45) is 0 Å². The lowest BCUT2D eigenvalue weighted by atomic mass is 10.2. The molecule has 9 nitrogen and oxygen atoms in total. The van der Waals surface area contributed by atoms with Gasteiger partial charge < -0.3 is 43.2 Å². The topological polar surface area (TPSA) is 85.9 Å². The molecule has 0 amide bonds. The van der Waals surface area contributed by atoms with Gasteiger partial charge in [0.15, 0.2) is 6.29 Å². The quantitative estimate of drug-likeness (QED) is 0.255. The maximum Gasteiger partial charge on any atom is 0.157 e. The Morgan fingerprint density at radius 3 is 1.48 bits per heavy atom. The highest BCUT2D eigenvalue weighted by Gasteiger charge is 2.13. The lowest BCUT2D eigenvalue weighted by Gasteiger charge is -2.22. The first kappa shape index (κ1) is 26.7. The Kier molecular flexibility index (Phi) is 20.5. The average Bonchev–Trinajstić information content (AvgIpc) is 2.75. The maximum absolute atomic E-state index is 5.58. The van der Waals surface area contributed by atoms with Gasteiger partial charge in [-0.25, -0.2) is 0 Å². The van der Waals surface area contributed by atoms with Gasteiger partial charge in [0.25, 0.3) is 0 Å². The molecule has 0 aromatic rings. The molecule has 0 aromatic heterocycles. The van der Waals surface area contributed by atoms with E-state index in [1.807, 2.05) is 7.05 Å². The van der Waals surface area contributed by atoms with Crippen molar-refractivity contribution in [2.75, 3.05) is 106 Å². The van der Waals surface area contributed by atoms with Gasteiger partial charge >= 0.3 is 0 Å². The molecule has 1 aliphatic heterocycles. The zero-order chi connectivity index (χ0) is 20.7. The third-order valence-corrected chi connectivity index (χ3v) is 4.03. The molecule has 0 radical (unpaired) electrons. The molecule has 0 spiro atoms. The summed E-state index contributed by atoms with van der Waals surface area (Å²) >= 11 is 0. The fourth-order valence-corrected chi connectivity index (χ4v) is 2.46. The van der Waals surface area contributed by atoms with Crippen LogP contribution in [0.2, 0.25) is 0 Å². The van der Waals surface area contributed by atoms with Crippen molar-refractivity contribution in [1.82, 2.24) is 5.32 Å². The molecule has 1 atom stereocenters. The second-order valence-corrected chi connectivity index (χ2v) is 6.44. The van der Waals surface area contributed by atoms with E-state index in [9.17, 15) is 0 Å². The van der Waals surface area contributed by atoms with Gasteiger partial charge in [-0.3, -0.25) is 0 Å². The van der Waals surface area contributed by atoms with Crippen molar-refractivity contribution in [2.45, 2.75) is 25.6 Å². The number of hydrogen-bond donors (Lipinski definition) is 1. The molecule has 1 unspecified atom stereocenters. The van der Waals surface area contributed by atoms with E-state index in [-0.39, 0.29) is 6.29 Å². The van der Waals surface area contributed by atoms with Crippen LogP contribution in [0.3, 0.4) is 0 Å². The molecule has 174 valence electrons. The van der Waals surface area contributed by atoms with Crippen LogP contribution < -0.4 is 5.32 Å². The summed E-state index contributed by atoms with van der Waals surface area (Å²) in [6.07, 6.45) is 3.24. The first-order chi connectivity index (χ1) is 14.4. The van der Waals surface area contributed by atoms with Gasteiger partial charge in [0.2, 0.25) is 0 Å². The standard InChI is InChI=1S/C20H41NO8/c1-21-5-7-22-8-9-23-10-11-24-12-13-25-14-15-26-16-17-27-18-19-29-20-4-2-3-6-28-20/h20-21H,2-19H2,1H3. The Morgan fingerprint density at radius 2 is 1.07 bits per heavy atom. The highest BCUT2D eigenvalue weighted by atomic mass is 16.7. The van der Waals surface area contributed by atoms with Crippen molar-refractivity contribution in [3.05, 3.63) is 0 Å². The van der Waals surface area contributed by atoms with E-state index in [1.165, 1.54) is 6.42 Å². The number of ether oxygens (including phenoxy) is 8. The summed E-state index contributed by atoms with van der Waals surface area (Å²) in [5.41, 5.74) is 0. The first-order valence-electron chi connectivity index (χ1n) is 10.8. The Bertz CT molecular complexity index is 319. The number of rotatable bonds is 22. The van der Waals surface area contributed by atoms with Crippen LogP contribution >= 0.6 is 0 Å². The molecular weight excluding hydrogens is 382 g/mol. The van der Waals surface area contributed by atoms with Crippen LogP contribution in [0.15, 0.2) is 0 Å². The van der Waals surface area contributed by atoms with Gasteiger partial charge in [0.05, 0.1) is 85.9 Å². The minimum atomic E-state index is -0.0508. The molecule has 9 heteroatoms.